The van der Waals surface area contributed by atoms with Crippen LogP contribution in [0.15, 0.2) is 24.6 Å². The summed E-state index contributed by atoms with van der Waals surface area (Å²) in [5.41, 5.74) is 3.84. The summed E-state index contributed by atoms with van der Waals surface area (Å²) in [6.07, 6.45) is 0. The summed E-state index contributed by atoms with van der Waals surface area (Å²) in [7, 11) is -1.26. The van der Waals surface area contributed by atoms with Gasteiger partial charge in [-0.05, 0) is 13.8 Å². The highest BCUT2D eigenvalue weighted by Crippen LogP contribution is 2.02. The highest BCUT2D eigenvalue weighted by Gasteiger charge is 2.17. The lowest BCUT2D eigenvalue weighted by Crippen LogP contribution is -2.33. The second-order valence-corrected chi connectivity index (χ2v) is 4.97. The molecule has 0 aliphatic carbocycles. The van der Waals surface area contributed by atoms with Crippen molar-refractivity contribution in [3.8, 4) is 0 Å². The van der Waals surface area contributed by atoms with Crippen LogP contribution in [0.25, 0.3) is 0 Å². The Labute approximate surface area is 76.5 Å². The second kappa shape index (κ2) is 7.28. The van der Waals surface area contributed by atoms with Crippen LogP contribution < -0.4 is 0 Å². The Balaban J connectivity index is 4.03. The summed E-state index contributed by atoms with van der Waals surface area (Å²) in [6, 6.07) is 0. The van der Waals surface area contributed by atoms with Crippen LogP contribution in [0.1, 0.15) is 13.8 Å². The van der Waals surface area contributed by atoms with Gasteiger partial charge in [0.1, 0.15) is 5.91 Å². The Bertz CT molecular complexity index is 122. The van der Waals surface area contributed by atoms with Crippen molar-refractivity contribution in [2.45, 2.75) is 19.8 Å². The zero-order chi connectivity index (χ0) is 9.40. The summed E-state index contributed by atoms with van der Waals surface area (Å²) in [5, 5.41) is 0. The first-order valence-corrected chi connectivity index (χ1v) is 6.28. The molecule has 0 atom stereocenters. The normalized spacial score (nSPS) is 10.7. The number of ether oxygens (including phenoxy) is 2. The zero-order valence-electron chi connectivity index (χ0n) is 7.95. The van der Waals surface area contributed by atoms with Crippen LogP contribution in [-0.2, 0) is 9.47 Å². The molecule has 0 radical (unpaired) electrons. The van der Waals surface area contributed by atoms with E-state index in [4.69, 9.17) is 9.47 Å². The zero-order valence-corrected chi connectivity index (χ0v) is 9.11. The number of rotatable bonds is 7. The smallest absolute Gasteiger partial charge is 0.151 e. The predicted octanol–water partition coefficient (Wildman–Crippen LogP) is 1.60. The largest absolute Gasteiger partial charge is 0.356 e. The Morgan fingerprint density at radius 3 is 1.83 bits per heavy atom. The molecular formula is C9H18O2Si. The Morgan fingerprint density at radius 2 is 1.58 bits per heavy atom. The Kier molecular flexibility index (Phi) is 7.04. The molecular weight excluding hydrogens is 168 g/mol. The molecule has 0 N–H and O–H groups in total. The maximum absolute atomic E-state index is 5.42. The fourth-order valence-electron chi connectivity index (χ4n) is 0.917. The predicted molar refractivity (Wildman–Crippen MR) is 54.6 cm³/mol. The highest BCUT2D eigenvalue weighted by molar-refractivity contribution is 6.70. The molecule has 0 saturated carbocycles. The fraction of sp³-hybridized carbons (Fsp3) is 0.556. The van der Waals surface area contributed by atoms with Crippen LogP contribution in [0, 0.1) is 0 Å². The van der Waals surface area contributed by atoms with Crippen molar-refractivity contribution in [2.75, 3.05) is 13.2 Å². The van der Waals surface area contributed by atoms with E-state index in [2.05, 4.69) is 13.2 Å². The first-order chi connectivity index (χ1) is 5.79. The first-order valence-electron chi connectivity index (χ1n) is 4.28. The lowest BCUT2D eigenvalue weighted by molar-refractivity contribution is -0.0837. The van der Waals surface area contributed by atoms with Gasteiger partial charge in [0.05, 0.1) is 0 Å². The fourth-order valence-corrected chi connectivity index (χ4v) is 2.38. The highest BCUT2D eigenvalue weighted by atomic mass is 28.3. The van der Waals surface area contributed by atoms with Gasteiger partial charge < -0.3 is 9.47 Å². The van der Waals surface area contributed by atoms with E-state index in [-0.39, 0.29) is 5.91 Å². The molecule has 12 heavy (non-hydrogen) atoms. The van der Waals surface area contributed by atoms with Gasteiger partial charge in [0, 0.05) is 13.2 Å². The van der Waals surface area contributed by atoms with Gasteiger partial charge >= 0.3 is 0 Å². The number of hydrogen-bond acceptors (Lipinski definition) is 2. The van der Waals surface area contributed by atoms with Gasteiger partial charge in [-0.1, -0.05) is 11.4 Å². The minimum Gasteiger partial charge on any atom is -0.356 e. The summed E-state index contributed by atoms with van der Waals surface area (Å²) < 4.78 is 10.8. The molecule has 2 nitrogen and oxygen atoms in total. The van der Waals surface area contributed by atoms with Gasteiger partial charge in [0.15, 0.2) is 8.80 Å². The molecule has 3 heteroatoms. The molecule has 70 valence electrons. The molecule has 0 heterocycles. The summed E-state index contributed by atoms with van der Waals surface area (Å²) in [6.45, 7) is 12.8. The van der Waals surface area contributed by atoms with Crippen molar-refractivity contribution in [1.82, 2.24) is 0 Å². The molecule has 0 saturated heterocycles. The summed E-state index contributed by atoms with van der Waals surface area (Å²) >= 11 is 0. The molecule has 0 aliphatic rings. The molecule has 0 spiro atoms. The third kappa shape index (κ3) is 3.85. The van der Waals surface area contributed by atoms with Crippen molar-refractivity contribution in [2.24, 2.45) is 0 Å². The van der Waals surface area contributed by atoms with Crippen molar-refractivity contribution in [3.05, 3.63) is 24.6 Å². The Morgan fingerprint density at radius 1 is 1.17 bits per heavy atom. The lowest BCUT2D eigenvalue weighted by Gasteiger charge is -2.20. The van der Waals surface area contributed by atoms with E-state index in [1.807, 2.05) is 25.2 Å². The topological polar surface area (TPSA) is 18.5 Å². The third-order valence-corrected chi connectivity index (χ3v) is 3.62. The molecule has 0 unspecified atom stereocenters. The van der Waals surface area contributed by atoms with Gasteiger partial charge in [-0.2, -0.15) is 0 Å². The molecule has 0 aromatic carbocycles. The minimum atomic E-state index is -1.26. The van der Waals surface area contributed by atoms with E-state index in [0.717, 1.165) is 0 Å². The molecule has 0 aromatic heterocycles. The van der Waals surface area contributed by atoms with Gasteiger partial charge in [-0.15, -0.1) is 13.2 Å². The number of hydrogen-bond donors (Lipinski definition) is 0. The van der Waals surface area contributed by atoms with Gasteiger partial charge in [0.25, 0.3) is 0 Å². The average molecular weight is 186 g/mol. The van der Waals surface area contributed by atoms with Crippen molar-refractivity contribution in [3.63, 3.8) is 0 Å². The van der Waals surface area contributed by atoms with Crippen LogP contribution in [0.4, 0.5) is 0 Å². The van der Waals surface area contributed by atoms with Gasteiger partial charge in [-0.3, -0.25) is 0 Å². The SMILES string of the molecule is C=C[SiH](C=C)C(OCC)OCC. The van der Waals surface area contributed by atoms with Crippen molar-refractivity contribution >= 4 is 8.80 Å². The molecule has 0 bridgehead atoms. The van der Waals surface area contributed by atoms with E-state index in [1.54, 1.807) is 0 Å². The summed E-state index contributed by atoms with van der Waals surface area (Å²) in [5.74, 6) is -0.0880. The van der Waals surface area contributed by atoms with E-state index in [9.17, 15) is 0 Å². The van der Waals surface area contributed by atoms with Crippen molar-refractivity contribution < 1.29 is 9.47 Å². The van der Waals surface area contributed by atoms with E-state index < -0.39 is 8.80 Å². The van der Waals surface area contributed by atoms with Crippen LogP contribution in [0.2, 0.25) is 0 Å². The Hall–Kier alpha value is -0.383. The van der Waals surface area contributed by atoms with Crippen LogP contribution in [-0.4, -0.2) is 27.9 Å². The maximum Gasteiger partial charge on any atom is 0.151 e. The molecule has 0 amide bonds. The summed E-state index contributed by atoms with van der Waals surface area (Å²) in [4.78, 5) is 0. The van der Waals surface area contributed by atoms with E-state index in [0.29, 0.717) is 13.2 Å². The van der Waals surface area contributed by atoms with Crippen LogP contribution >= 0.6 is 0 Å². The quantitative estimate of drug-likeness (QED) is 0.444. The monoisotopic (exact) mass is 186 g/mol. The van der Waals surface area contributed by atoms with Crippen molar-refractivity contribution in [1.29, 1.82) is 0 Å². The lowest BCUT2D eigenvalue weighted by atomic mass is 10.8. The van der Waals surface area contributed by atoms with Gasteiger partial charge in [-0.25, -0.2) is 0 Å². The van der Waals surface area contributed by atoms with Gasteiger partial charge in [0.2, 0.25) is 0 Å². The average Bonchev–Trinajstić information content (AvgIpc) is 2.07. The van der Waals surface area contributed by atoms with Crippen LogP contribution in [0.5, 0.6) is 0 Å². The second-order valence-electron chi connectivity index (χ2n) is 2.33. The van der Waals surface area contributed by atoms with Crippen LogP contribution in [0.3, 0.4) is 0 Å². The minimum absolute atomic E-state index is 0.0880. The van der Waals surface area contributed by atoms with E-state index >= 15 is 0 Å². The maximum atomic E-state index is 5.42. The molecule has 0 fully saturated rings. The molecule has 0 aromatic rings. The molecule has 0 aliphatic heterocycles. The first kappa shape index (κ1) is 11.6. The third-order valence-electron chi connectivity index (χ3n) is 1.52. The molecule has 0 rings (SSSR count). The van der Waals surface area contributed by atoms with E-state index in [1.165, 1.54) is 0 Å². The standard InChI is InChI=1S/C9H18O2Si/c1-5-10-9(11-6-2)12(7-3)8-4/h7-9,12H,3-6H2,1-2H3.